The number of carbonyl (C=O) groups excluding carboxylic acids is 1. The summed E-state index contributed by atoms with van der Waals surface area (Å²) >= 11 is 3.40. The average molecular weight is 269 g/mol. The highest BCUT2D eigenvalue weighted by molar-refractivity contribution is 9.09. The summed E-state index contributed by atoms with van der Waals surface area (Å²) in [6.07, 6.45) is 5.28. The Morgan fingerprint density at radius 2 is 1.67 bits per heavy atom. The first kappa shape index (κ1) is 12.4. The van der Waals surface area contributed by atoms with Crippen LogP contribution in [0.1, 0.15) is 42.5 Å². The van der Waals surface area contributed by atoms with Crippen LogP contribution in [0.25, 0.3) is 0 Å². The molecule has 0 aliphatic heterocycles. The van der Waals surface area contributed by atoms with Crippen molar-refractivity contribution in [3.8, 4) is 0 Å². The van der Waals surface area contributed by atoms with Gasteiger partial charge >= 0.3 is 0 Å². The van der Waals surface area contributed by atoms with Gasteiger partial charge in [-0.2, -0.15) is 0 Å². The summed E-state index contributed by atoms with van der Waals surface area (Å²) in [5.41, 5.74) is 0.845. The summed E-state index contributed by atoms with van der Waals surface area (Å²) in [5.74, 6) is 0.273. The summed E-state index contributed by atoms with van der Waals surface area (Å²) in [6.45, 7) is 0. The number of ketones is 1. The molecule has 0 radical (unpaired) electrons. The van der Waals surface area contributed by atoms with Crippen molar-refractivity contribution in [2.45, 2.75) is 32.1 Å². The first-order valence-corrected chi connectivity index (χ1v) is 6.61. The Morgan fingerprint density at radius 3 is 2.33 bits per heavy atom. The zero-order valence-corrected chi connectivity index (χ0v) is 10.5. The van der Waals surface area contributed by atoms with E-state index in [0.29, 0.717) is 6.42 Å². The van der Waals surface area contributed by atoms with Gasteiger partial charge in [-0.25, -0.2) is 0 Å². The standard InChI is InChI=1S/C13H17BrO/c14-11-7-2-1-6-10-13(15)12-8-4-3-5-9-12/h3-5,8-9H,1-2,6-7,10-11H2. The normalized spacial score (nSPS) is 10.2. The number of carbonyl (C=O) groups is 1. The van der Waals surface area contributed by atoms with Gasteiger partial charge in [-0.15, -0.1) is 0 Å². The van der Waals surface area contributed by atoms with Crippen molar-refractivity contribution in [2.24, 2.45) is 0 Å². The molecule has 0 bridgehead atoms. The van der Waals surface area contributed by atoms with Crippen molar-refractivity contribution in [3.63, 3.8) is 0 Å². The quantitative estimate of drug-likeness (QED) is 0.411. The molecule has 82 valence electrons. The Balaban J connectivity index is 2.20. The van der Waals surface area contributed by atoms with Gasteiger partial charge in [0.1, 0.15) is 0 Å². The monoisotopic (exact) mass is 268 g/mol. The predicted octanol–water partition coefficient (Wildman–Crippen LogP) is 4.21. The number of Topliss-reactive ketones (excluding diaryl/α,β-unsaturated/α-hetero) is 1. The van der Waals surface area contributed by atoms with Crippen LogP contribution in [0.4, 0.5) is 0 Å². The molecule has 0 aliphatic carbocycles. The maximum atomic E-state index is 11.7. The fourth-order valence-electron chi connectivity index (χ4n) is 1.50. The van der Waals surface area contributed by atoms with Crippen LogP contribution in [0.3, 0.4) is 0 Å². The van der Waals surface area contributed by atoms with Crippen molar-refractivity contribution < 1.29 is 4.79 Å². The maximum absolute atomic E-state index is 11.7. The Hall–Kier alpha value is -0.630. The van der Waals surface area contributed by atoms with Gasteiger partial charge in [-0.3, -0.25) is 4.79 Å². The molecule has 1 nitrogen and oxygen atoms in total. The van der Waals surface area contributed by atoms with Gasteiger partial charge in [0.2, 0.25) is 0 Å². The van der Waals surface area contributed by atoms with E-state index in [-0.39, 0.29) is 5.78 Å². The first-order valence-electron chi connectivity index (χ1n) is 5.49. The van der Waals surface area contributed by atoms with E-state index in [9.17, 15) is 4.79 Å². The summed E-state index contributed by atoms with van der Waals surface area (Å²) in [5, 5.41) is 1.07. The zero-order valence-electron chi connectivity index (χ0n) is 8.92. The number of unbranched alkanes of at least 4 members (excludes halogenated alkanes) is 3. The number of halogens is 1. The lowest BCUT2D eigenvalue weighted by Gasteiger charge is -2.00. The van der Waals surface area contributed by atoms with Crippen molar-refractivity contribution >= 4 is 21.7 Å². The highest BCUT2D eigenvalue weighted by atomic mass is 79.9. The topological polar surface area (TPSA) is 17.1 Å². The zero-order chi connectivity index (χ0) is 10.9. The maximum Gasteiger partial charge on any atom is 0.162 e. The average Bonchev–Trinajstić information content (AvgIpc) is 2.30. The summed E-state index contributed by atoms with van der Waals surface area (Å²) in [7, 11) is 0. The van der Waals surface area contributed by atoms with E-state index in [0.717, 1.165) is 23.7 Å². The van der Waals surface area contributed by atoms with Crippen LogP contribution >= 0.6 is 15.9 Å². The summed E-state index contributed by atoms with van der Waals surface area (Å²) in [4.78, 5) is 11.7. The molecule has 0 unspecified atom stereocenters. The van der Waals surface area contributed by atoms with Crippen LogP contribution in [-0.4, -0.2) is 11.1 Å². The Kier molecular flexibility index (Phi) is 6.33. The molecule has 0 saturated carbocycles. The van der Waals surface area contributed by atoms with Crippen LogP contribution < -0.4 is 0 Å². The molecule has 0 aliphatic rings. The Morgan fingerprint density at radius 1 is 1.00 bits per heavy atom. The van der Waals surface area contributed by atoms with E-state index < -0.39 is 0 Å². The fraction of sp³-hybridized carbons (Fsp3) is 0.462. The Labute approximate surface area is 100 Å². The molecule has 0 amide bonds. The van der Waals surface area contributed by atoms with Gasteiger partial charge in [0.15, 0.2) is 5.78 Å². The van der Waals surface area contributed by atoms with Crippen LogP contribution in [0.5, 0.6) is 0 Å². The van der Waals surface area contributed by atoms with E-state index in [2.05, 4.69) is 15.9 Å². The lowest BCUT2D eigenvalue weighted by atomic mass is 10.0. The number of rotatable bonds is 7. The van der Waals surface area contributed by atoms with E-state index in [4.69, 9.17) is 0 Å². The molecular formula is C13H17BrO. The molecule has 15 heavy (non-hydrogen) atoms. The summed E-state index contributed by atoms with van der Waals surface area (Å²) in [6, 6.07) is 9.55. The van der Waals surface area contributed by atoms with Crippen LogP contribution in [0.2, 0.25) is 0 Å². The van der Waals surface area contributed by atoms with Gasteiger partial charge in [0, 0.05) is 17.3 Å². The third-order valence-electron chi connectivity index (χ3n) is 2.38. The first-order chi connectivity index (χ1) is 7.34. The molecule has 0 spiro atoms. The van der Waals surface area contributed by atoms with Crippen molar-refractivity contribution in [3.05, 3.63) is 35.9 Å². The fourth-order valence-corrected chi connectivity index (χ4v) is 1.90. The molecule has 1 rings (SSSR count). The lowest BCUT2D eigenvalue weighted by Crippen LogP contribution is -1.98. The second-order valence-corrected chi connectivity index (χ2v) is 4.44. The van der Waals surface area contributed by atoms with E-state index >= 15 is 0 Å². The SMILES string of the molecule is O=C(CCCCCCBr)c1ccccc1. The van der Waals surface area contributed by atoms with Crippen LogP contribution in [0.15, 0.2) is 30.3 Å². The minimum atomic E-state index is 0.273. The second kappa shape index (κ2) is 7.63. The highest BCUT2D eigenvalue weighted by Gasteiger charge is 2.03. The molecule has 0 aromatic heterocycles. The molecule has 0 atom stereocenters. The smallest absolute Gasteiger partial charge is 0.162 e. The molecular weight excluding hydrogens is 252 g/mol. The number of hydrogen-bond donors (Lipinski definition) is 0. The van der Waals surface area contributed by atoms with Crippen molar-refractivity contribution in [1.82, 2.24) is 0 Å². The van der Waals surface area contributed by atoms with E-state index in [1.54, 1.807) is 0 Å². The lowest BCUT2D eigenvalue weighted by molar-refractivity contribution is 0.0979. The van der Waals surface area contributed by atoms with Crippen molar-refractivity contribution in [1.29, 1.82) is 0 Å². The molecule has 2 heteroatoms. The van der Waals surface area contributed by atoms with Gasteiger partial charge in [0.05, 0.1) is 0 Å². The molecule has 0 heterocycles. The number of benzene rings is 1. The number of hydrogen-bond acceptors (Lipinski definition) is 1. The Bertz CT molecular complexity index is 282. The minimum Gasteiger partial charge on any atom is -0.294 e. The van der Waals surface area contributed by atoms with Gasteiger partial charge in [-0.1, -0.05) is 59.1 Å². The largest absolute Gasteiger partial charge is 0.294 e. The third kappa shape index (κ3) is 5.12. The molecule has 1 aromatic carbocycles. The summed E-state index contributed by atoms with van der Waals surface area (Å²) < 4.78 is 0. The van der Waals surface area contributed by atoms with Crippen molar-refractivity contribution in [2.75, 3.05) is 5.33 Å². The molecule has 0 N–H and O–H groups in total. The third-order valence-corrected chi connectivity index (χ3v) is 2.94. The minimum absolute atomic E-state index is 0.273. The van der Waals surface area contributed by atoms with E-state index in [1.807, 2.05) is 30.3 Å². The van der Waals surface area contributed by atoms with Crippen LogP contribution in [-0.2, 0) is 0 Å². The predicted molar refractivity (Wildman–Crippen MR) is 67.7 cm³/mol. The van der Waals surface area contributed by atoms with Gasteiger partial charge in [0.25, 0.3) is 0 Å². The second-order valence-electron chi connectivity index (χ2n) is 3.64. The van der Waals surface area contributed by atoms with E-state index in [1.165, 1.54) is 12.8 Å². The molecule has 1 aromatic rings. The van der Waals surface area contributed by atoms with Gasteiger partial charge < -0.3 is 0 Å². The van der Waals surface area contributed by atoms with Gasteiger partial charge in [-0.05, 0) is 12.8 Å². The van der Waals surface area contributed by atoms with Crippen LogP contribution in [0, 0.1) is 0 Å². The molecule has 0 fully saturated rings. The highest BCUT2D eigenvalue weighted by Crippen LogP contribution is 2.09. The number of alkyl halides is 1. The molecule has 0 saturated heterocycles.